The number of phenols is 1. The van der Waals surface area contributed by atoms with Crippen LogP contribution in [0.2, 0.25) is 0 Å². The van der Waals surface area contributed by atoms with Crippen LogP contribution < -0.4 is 4.74 Å². The first-order valence-corrected chi connectivity index (χ1v) is 9.76. The lowest BCUT2D eigenvalue weighted by Crippen LogP contribution is -2.33. The molecule has 1 amide bonds. The summed E-state index contributed by atoms with van der Waals surface area (Å²) in [4.78, 5) is 14.4. The number of hydrogen-bond acceptors (Lipinski definition) is 4. The second kappa shape index (κ2) is 7.17. The van der Waals surface area contributed by atoms with Crippen molar-refractivity contribution in [2.45, 2.75) is 12.5 Å². The Kier molecular flexibility index (Phi) is 4.35. The van der Waals surface area contributed by atoms with E-state index >= 15 is 0 Å². The number of rotatable bonds is 2. The van der Waals surface area contributed by atoms with Crippen molar-refractivity contribution in [1.82, 2.24) is 4.90 Å². The summed E-state index contributed by atoms with van der Waals surface area (Å²) in [5, 5.41) is 10.1. The highest BCUT2D eigenvalue weighted by molar-refractivity contribution is 5.79. The molecule has 0 unspecified atom stereocenters. The van der Waals surface area contributed by atoms with Gasteiger partial charge in [-0.05, 0) is 34.4 Å². The van der Waals surface area contributed by atoms with Gasteiger partial charge in [0.1, 0.15) is 24.7 Å². The molecule has 0 bridgehead atoms. The molecule has 0 saturated heterocycles. The molecule has 146 valence electrons. The van der Waals surface area contributed by atoms with Gasteiger partial charge in [-0.25, -0.2) is 4.79 Å². The molecule has 0 atom stereocenters. The Labute approximate surface area is 169 Å². The van der Waals surface area contributed by atoms with Crippen molar-refractivity contribution in [2.24, 2.45) is 0 Å². The summed E-state index contributed by atoms with van der Waals surface area (Å²) < 4.78 is 11.4. The Bertz CT molecular complexity index is 1030. The lowest BCUT2D eigenvalue weighted by molar-refractivity contribution is 0.0946. The molecule has 29 heavy (non-hydrogen) atoms. The Hall–Kier alpha value is -3.47. The fraction of sp³-hybridized carbons (Fsp3) is 0.208. The van der Waals surface area contributed by atoms with Crippen LogP contribution in [-0.2, 0) is 11.3 Å². The SMILES string of the molecule is O=C(OCC1c2ccccc2-c2ccccc21)N1CCOc2cccc(O)c2C1. The molecule has 0 saturated carbocycles. The minimum atomic E-state index is -0.397. The Morgan fingerprint density at radius 2 is 1.69 bits per heavy atom. The highest BCUT2D eigenvalue weighted by Crippen LogP contribution is 2.44. The Morgan fingerprint density at radius 3 is 2.41 bits per heavy atom. The van der Waals surface area contributed by atoms with Gasteiger partial charge in [0, 0.05) is 5.92 Å². The quantitative estimate of drug-likeness (QED) is 0.702. The van der Waals surface area contributed by atoms with Crippen molar-refractivity contribution in [3.05, 3.63) is 83.4 Å². The number of hydrogen-bond donors (Lipinski definition) is 1. The zero-order chi connectivity index (χ0) is 19.8. The second-order valence-corrected chi connectivity index (χ2v) is 7.33. The Morgan fingerprint density at radius 1 is 1.00 bits per heavy atom. The number of carbonyl (C=O) groups excluding carboxylic acids is 1. The Balaban J connectivity index is 1.34. The van der Waals surface area contributed by atoms with Crippen molar-refractivity contribution >= 4 is 6.09 Å². The summed E-state index contributed by atoms with van der Waals surface area (Å²) in [7, 11) is 0. The van der Waals surface area contributed by atoms with Crippen LogP contribution in [0, 0.1) is 0 Å². The molecule has 2 aliphatic rings. The number of ether oxygens (including phenoxy) is 2. The lowest BCUT2D eigenvalue weighted by atomic mass is 9.98. The third kappa shape index (κ3) is 3.09. The number of fused-ring (bicyclic) bond motifs is 4. The molecule has 0 aromatic heterocycles. The average Bonchev–Trinajstić information content (AvgIpc) is 2.90. The largest absolute Gasteiger partial charge is 0.507 e. The number of carbonyl (C=O) groups is 1. The van der Waals surface area contributed by atoms with Crippen LogP contribution in [0.5, 0.6) is 11.5 Å². The van der Waals surface area contributed by atoms with Gasteiger partial charge in [0.25, 0.3) is 0 Å². The average molecular weight is 387 g/mol. The fourth-order valence-corrected chi connectivity index (χ4v) is 4.23. The summed E-state index contributed by atoms with van der Waals surface area (Å²) in [6.07, 6.45) is -0.397. The third-order valence-corrected chi connectivity index (χ3v) is 5.67. The third-order valence-electron chi connectivity index (χ3n) is 5.67. The van der Waals surface area contributed by atoms with E-state index < -0.39 is 6.09 Å². The zero-order valence-electron chi connectivity index (χ0n) is 15.9. The van der Waals surface area contributed by atoms with Crippen molar-refractivity contribution in [3.8, 4) is 22.6 Å². The molecule has 5 rings (SSSR count). The summed E-state index contributed by atoms with van der Waals surface area (Å²) in [6.45, 7) is 1.31. The van der Waals surface area contributed by atoms with E-state index in [1.807, 2.05) is 24.3 Å². The van der Waals surface area contributed by atoms with E-state index in [0.717, 1.165) is 0 Å². The normalized spacial score (nSPS) is 15.0. The number of amides is 1. The van der Waals surface area contributed by atoms with E-state index in [2.05, 4.69) is 24.3 Å². The molecular formula is C24H21NO4. The van der Waals surface area contributed by atoms with Crippen LogP contribution in [0.4, 0.5) is 4.79 Å². The van der Waals surface area contributed by atoms with Crippen LogP contribution in [0.3, 0.4) is 0 Å². The first-order chi connectivity index (χ1) is 14.2. The van der Waals surface area contributed by atoms with Crippen molar-refractivity contribution in [2.75, 3.05) is 19.8 Å². The van der Waals surface area contributed by atoms with Crippen molar-refractivity contribution in [1.29, 1.82) is 0 Å². The predicted octanol–water partition coefficient (Wildman–Crippen LogP) is 4.54. The van der Waals surface area contributed by atoms with Crippen LogP contribution in [0.15, 0.2) is 66.7 Å². The van der Waals surface area contributed by atoms with Gasteiger partial charge in [-0.2, -0.15) is 0 Å². The van der Waals surface area contributed by atoms with Crippen molar-refractivity contribution < 1.29 is 19.4 Å². The summed E-state index contributed by atoms with van der Waals surface area (Å²) in [5.41, 5.74) is 5.38. The van der Waals surface area contributed by atoms with E-state index in [1.54, 1.807) is 23.1 Å². The maximum atomic E-state index is 12.8. The van der Waals surface area contributed by atoms with Gasteiger partial charge >= 0.3 is 6.09 Å². The fourth-order valence-electron chi connectivity index (χ4n) is 4.23. The van der Waals surface area contributed by atoms with E-state index in [-0.39, 0.29) is 24.8 Å². The van der Waals surface area contributed by atoms with E-state index in [0.29, 0.717) is 24.5 Å². The van der Waals surface area contributed by atoms with Gasteiger partial charge in [-0.15, -0.1) is 0 Å². The molecule has 5 heteroatoms. The molecule has 1 N–H and O–H groups in total. The highest BCUT2D eigenvalue weighted by Gasteiger charge is 2.30. The van der Waals surface area contributed by atoms with Crippen LogP contribution in [0.25, 0.3) is 11.1 Å². The maximum Gasteiger partial charge on any atom is 0.410 e. The smallest absolute Gasteiger partial charge is 0.410 e. The summed E-state index contributed by atoms with van der Waals surface area (Å²) >= 11 is 0. The molecule has 1 aliphatic heterocycles. The van der Waals surface area contributed by atoms with Gasteiger partial charge in [-0.3, -0.25) is 0 Å². The summed E-state index contributed by atoms with van der Waals surface area (Å²) in [5.74, 6) is 0.759. The number of nitrogens with zero attached hydrogens (tertiary/aromatic N) is 1. The van der Waals surface area contributed by atoms with Gasteiger partial charge in [0.15, 0.2) is 0 Å². The van der Waals surface area contributed by atoms with Crippen LogP contribution in [0.1, 0.15) is 22.6 Å². The molecule has 0 fully saturated rings. The first kappa shape index (κ1) is 17.6. The minimum Gasteiger partial charge on any atom is -0.507 e. The molecule has 0 spiro atoms. The lowest BCUT2D eigenvalue weighted by Gasteiger charge is -2.21. The van der Waals surface area contributed by atoms with Gasteiger partial charge in [0.2, 0.25) is 0 Å². The zero-order valence-corrected chi connectivity index (χ0v) is 15.9. The maximum absolute atomic E-state index is 12.8. The van der Waals surface area contributed by atoms with Crippen molar-refractivity contribution in [3.63, 3.8) is 0 Å². The van der Waals surface area contributed by atoms with E-state index in [9.17, 15) is 9.90 Å². The molecule has 0 radical (unpaired) electrons. The monoisotopic (exact) mass is 387 g/mol. The van der Waals surface area contributed by atoms with E-state index in [1.165, 1.54) is 22.3 Å². The molecule has 3 aromatic rings. The van der Waals surface area contributed by atoms with Gasteiger partial charge < -0.3 is 19.5 Å². The van der Waals surface area contributed by atoms with Crippen LogP contribution in [-0.4, -0.2) is 35.9 Å². The highest BCUT2D eigenvalue weighted by atomic mass is 16.6. The molecular weight excluding hydrogens is 366 g/mol. The van der Waals surface area contributed by atoms with Crippen LogP contribution >= 0.6 is 0 Å². The number of benzene rings is 3. The molecule has 3 aromatic carbocycles. The first-order valence-electron chi connectivity index (χ1n) is 9.76. The van der Waals surface area contributed by atoms with E-state index in [4.69, 9.17) is 9.47 Å². The minimum absolute atomic E-state index is 0.0234. The molecule has 5 nitrogen and oxygen atoms in total. The second-order valence-electron chi connectivity index (χ2n) is 7.33. The molecule has 1 heterocycles. The standard InChI is InChI=1S/C24H21NO4/c26-22-10-5-11-23-20(22)14-25(12-13-28-23)24(27)29-15-21-18-8-3-1-6-16(18)17-7-2-4-9-19(17)21/h1-11,21,26H,12-15H2. The molecule has 1 aliphatic carbocycles. The van der Waals surface area contributed by atoms with Gasteiger partial charge in [0.05, 0.1) is 18.7 Å². The summed E-state index contributed by atoms with van der Waals surface area (Å²) in [6, 6.07) is 21.7. The topological polar surface area (TPSA) is 59.0 Å². The predicted molar refractivity (Wildman–Crippen MR) is 109 cm³/mol. The number of aromatic hydroxyl groups is 1. The van der Waals surface area contributed by atoms with Gasteiger partial charge in [-0.1, -0.05) is 54.6 Å². The number of phenolic OH excluding ortho intramolecular Hbond substituents is 1.